The molecule has 0 bridgehead atoms. The molecule has 5 atom stereocenters. The number of anilines is 1. The zero-order valence-corrected chi connectivity index (χ0v) is 19.2. The molecular weight excluding hydrogens is 492 g/mol. The molecular formula is C14H24N5O12P2+. The summed E-state index contributed by atoms with van der Waals surface area (Å²) in [7, 11) is -7.52. The van der Waals surface area contributed by atoms with Crippen LogP contribution in [0, 0.1) is 0 Å². The highest BCUT2D eigenvalue weighted by Crippen LogP contribution is 2.57. The molecule has 1 aliphatic rings. The number of ether oxygens (including phenoxy) is 3. The molecule has 19 heteroatoms. The minimum Gasteiger partial charge on any atom is -0.384 e. The lowest BCUT2D eigenvalue weighted by atomic mass is 10.1. The predicted octanol–water partition coefficient (Wildman–Crippen LogP) is -2.35. The molecule has 7 N–H and O–H groups in total. The van der Waals surface area contributed by atoms with Crippen molar-refractivity contribution in [3.8, 4) is 0 Å². The van der Waals surface area contributed by atoms with Crippen LogP contribution in [0.25, 0.3) is 11.2 Å². The SMILES string of the molecule is COCCO[C@@H]1C(O)[C@H]([n+]2cn(C)c3c(=O)[nH]c(N)nc32)O[C@@H]1COP(=O)(O)OP(=O)(O)O. The van der Waals surface area contributed by atoms with Crippen molar-refractivity contribution < 1.29 is 56.5 Å². The molecule has 33 heavy (non-hydrogen) atoms. The Morgan fingerprint density at radius 1 is 1.33 bits per heavy atom. The Morgan fingerprint density at radius 2 is 2.03 bits per heavy atom. The van der Waals surface area contributed by atoms with Crippen molar-refractivity contribution in [3.05, 3.63) is 16.7 Å². The van der Waals surface area contributed by atoms with Crippen LogP contribution in [-0.2, 0) is 39.2 Å². The summed E-state index contributed by atoms with van der Waals surface area (Å²) >= 11 is 0. The molecule has 2 unspecified atom stereocenters. The monoisotopic (exact) mass is 516 g/mol. The summed E-state index contributed by atoms with van der Waals surface area (Å²) in [6, 6.07) is 0. The number of methoxy groups -OCH3 is 1. The maximum absolute atomic E-state index is 12.3. The molecule has 3 rings (SSSR count). The highest BCUT2D eigenvalue weighted by Gasteiger charge is 2.49. The molecule has 0 saturated carbocycles. The topological polar surface area (TPSA) is 242 Å². The molecule has 2 aromatic rings. The van der Waals surface area contributed by atoms with Gasteiger partial charge in [-0.1, -0.05) is 4.98 Å². The van der Waals surface area contributed by atoms with Gasteiger partial charge in [-0.15, -0.1) is 0 Å². The second-order valence-corrected chi connectivity index (χ2v) is 9.81. The summed E-state index contributed by atoms with van der Waals surface area (Å²) in [5, 5.41) is 10.9. The second-order valence-electron chi connectivity index (χ2n) is 6.98. The molecule has 1 saturated heterocycles. The third-order valence-corrected chi connectivity index (χ3v) is 6.73. The first-order valence-corrected chi connectivity index (χ1v) is 12.3. The summed E-state index contributed by atoms with van der Waals surface area (Å²) in [6.07, 6.45) is -3.52. The lowest BCUT2D eigenvalue weighted by Crippen LogP contribution is -2.46. The number of hydrogen-bond acceptors (Lipinski definition) is 11. The lowest BCUT2D eigenvalue weighted by Gasteiger charge is -2.21. The minimum atomic E-state index is -5.33. The average molecular weight is 516 g/mol. The highest BCUT2D eigenvalue weighted by atomic mass is 31.3. The molecule has 0 aliphatic carbocycles. The molecule has 0 radical (unpaired) electrons. The number of aromatic amines is 1. The first kappa shape index (κ1) is 25.9. The van der Waals surface area contributed by atoms with Crippen molar-refractivity contribution in [1.82, 2.24) is 14.5 Å². The van der Waals surface area contributed by atoms with Crippen LogP contribution in [0.4, 0.5) is 5.95 Å². The fourth-order valence-corrected chi connectivity index (χ4v) is 4.94. The summed E-state index contributed by atoms with van der Waals surface area (Å²) in [4.78, 5) is 45.7. The Hall–Kier alpha value is -1.75. The van der Waals surface area contributed by atoms with Gasteiger partial charge in [-0.3, -0.25) is 18.9 Å². The largest absolute Gasteiger partial charge is 0.481 e. The predicted molar refractivity (Wildman–Crippen MR) is 106 cm³/mol. The lowest BCUT2D eigenvalue weighted by molar-refractivity contribution is -0.745. The maximum atomic E-state index is 12.3. The van der Waals surface area contributed by atoms with E-state index in [4.69, 9.17) is 29.7 Å². The van der Waals surface area contributed by atoms with Crippen molar-refractivity contribution in [1.29, 1.82) is 0 Å². The summed E-state index contributed by atoms with van der Waals surface area (Å²) in [6.45, 7) is -0.595. The van der Waals surface area contributed by atoms with Gasteiger partial charge >= 0.3 is 21.3 Å². The van der Waals surface area contributed by atoms with E-state index in [-0.39, 0.29) is 30.3 Å². The molecule has 0 amide bonds. The zero-order valence-electron chi connectivity index (χ0n) is 17.4. The molecule has 0 aromatic carbocycles. The van der Waals surface area contributed by atoms with Crippen LogP contribution in [0.5, 0.6) is 0 Å². The number of aromatic nitrogens is 4. The summed E-state index contributed by atoms with van der Waals surface area (Å²) < 4.78 is 50.0. The first-order chi connectivity index (χ1) is 15.3. The van der Waals surface area contributed by atoms with Gasteiger partial charge in [-0.25, -0.2) is 13.7 Å². The molecule has 1 fully saturated rings. The van der Waals surface area contributed by atoms with Crippen LogP contribution in [0.15, 0.2) is 11.1 Å². The first-order valence-electron chi connectivity index (χ1n) is 9.27. The van der Waals surface area contributed by atoms with Gasteiger partial charge in [-0.05, 0) is 0 Å². The van der Waals surface area contributed by atoms with Gasteiger partial charge in [0.1, 0.15) is 18.3 Å². The van der Waals surface area contributed by atoms with Gasteiger partial charge in [0.25, 0.3) is 11.5 Å². The molecule has 1 aliphatic heterocycles. The smallest absolute Gasteiger partial charge is 0.384 e. The van der Waals surface area contributed by atoms with E-state index in [2.05, 4.69) is 18.8 Å². The number of fused-ring (bicyclic) bond motifs is 1. The number of nitrogens with one attached hydrogen (secondary N) is 1. The van der Waals surface area contributed by atoms with Crippen LogP contribution in [0.1, 0.15) is 6.23 Å². The van der Waals surface area contributed by atoms with Crippen molar-refractivity contribution in [2.45, 2.75) is 24.5 Å². The Kier molecular flexibility index (Phi) is 7.72. The number of nitrogens with two attached hydrogens (primary N) is 1. The third-order valence-electron chi connectivity index (χ3n) is 4.58. The number of phosphoric ester groups is 1. The van der Waals surface area contributed by atoms with Crippen molar-refractivity contribution in [2.24, 2.45) is 7.05 Å². The fraction of sp³-hybridized carbons (Fsp3) is 0.643. The number of aliphatic hydroxyl groups excluding tert-OH is 1. The third kappa shape index (κ3) is 6.03. The van der Waals surface area contributed by atoms with E-state index in [9.17, 15) is 23.9 Å². The van der Waals surface area contributed by atoms with Crippen molar-refractivity contribution >= 4 is 32.8 Å². The van der Waals surface area contributed by atoms with Gasteiger partial charge in [0.2, 0.25) is 11.7 Å². The van der Waals surface area contributed by atoms with Crippen LogP contribution in [0.3, 0.4) is 0 Å². The average Bonchev–Trinajstić information content (AvgIpc) is 3.15. The molecule has 2 aromatic heterocycles. The molecule has 0 spiro atoms. The number of imidazole rings is 1. The fourth-order valence-electron chi connectivity index (χ4n) is 3.34. The quantitative estimate of drug-likeness (QED) is 0.110. The minimum absolute atomic E-state index is 0.00560. The van der Waals surface area contributed by atoms with Gasteiger partial charge in [0.05, 0.1) is 26.9 Å². The number of H-pyrrole nitrogens is 1. The van der Waals surface area contributed by atoms with E-state index in [1.54, 1.807) is 7.05 Å². The van der Waals surface area contributed by atoms with Crippen LogP contribution >= 0.6 is 15.6 Å². The highest BCUT2D eigenvalue weighted by molar-refractivity contribution is 7.60. The van der Waals surface area contributed by atoms with Gasteiger partial charge in [-0.2, -0.15) is 4.31 Å². The van der Waals surface area contributed by atoms with Crippen LogP contribution < -0.4 is 15.9 Å². The van der Waals surface area contributed by atoms with E-state index >= 15 is 0 Å². The van der Waals surface area contributed by atoms with E-state index in [1.807, 2.05) is 0 Å². The number of rotatable bonds is 10. The number of aliphatic hydroxyl groups is 1. The van der Waals surface area contributed by atoms with E-state index in [0.717, 1.165) is 0 Å². The van der Waals surface area contributed by atoms with Gasteiger partial charge in [0, 0.05) is 7.11 Å². The Balaban J connectivity index is 1.89. The van der Waals surface area contributed by atoms with Gasteiger partial charge in [0.15, 0.2) is 6.33 Å². The van der Waals surface area contributed by atoms with E-state index < -0.39 is 52.4 Å². The maximum Gasteiger partial charge on any atom is 0.481 e. The molecule has 17 nitrogen and oxygen atoms in total. The van der Waals surface area contributed by atoms with Crippen LogP contribution in [-0.4, -0.2) is 79.6 Å². The summed E-state index contributed by atoms with van der Waals surface area (Å²) in [5.74, 6) is -0.177. The Labute approximate surface area is 185 Å². The summed E-state index contributed by atoms with van der Waals surface area (Å²) in [5.41, 5.74) is 5.31. The number of hydrogen-bond donors (Lipinski definition) is 6. The van der Waals surface area contributed by atoms with Crippen molar-refractivity contribution in [3.63, 3.8) is 0 Å². The number of nitrogen functional groups attached to an aromatic ring is 1. The van der Waals surface area contributed by atoms with Gasteiger partial charge < -0.3 is 39.7 Å². The molecule has 3 heterocycles. The van der Waals surface area contributed by atoms with E-state index in [0.29, 0.717) is 0 Å². The van der Waals surface area contributed by atoms with Crippen LogP contribution in [0.2, 0.25) is 0 Å². The molecule has 186 valence electrons. The number of aryl methyl sites for hydroxylation is 1. The second kappa shape index (κ2) is 9.85. The Bertz CT molecular complexity index is 1150. The van der Waals surface area contributed by atoms with Crippen molar-refractivity contribution in [2.75, 3.05) is 32.7 Å². The standard InChI is InChI=1S/C14H23N5O12P2/c1-18-6-19(11-8(18)12(21)17-14(15)16-11)13-9(20)10(28-4-3-27-2)7(30-13)5-29-33(25,26)31-32(22,23)24/h6-7,9-10,13,20H,3-5H2,1-2H3,(H5-,15,16,17,21,22,23,24,25,26)/p+1/t7-,9?,10+,13-/m1/s1. The normalized spacial score (nSPS) is 25.5. The zero-order chi connectivity index (χ0) is 24.6. The van der Waals surface area contributed by atoms with E-state index in [1.165, 1.54) is 22.6 Å². The number of phosphoric acid groups is 2. The number of nitrogens with zero attached hydrogens (tertiary/aromatic N) is 3. The Morgan fingerprint density at radius 3 is 2.67 bits per heavy atom.